The van der Waals surface area contributed by atoms with E-state index in [1.807, 2.05) is 30.4 Å². The molecule has 0 atom stereocenters. The van der Waals surface area contributed by atoms with E-state index in [0.29, 0.717) is 10.9 Å². The highest BCUT2D eigenvalue weighted by atomic mass is 32.2. The van der Waals surface area contributed by atoms with Crippen molar-refractivity contribution in [2.24, 2.45) is 4.99 Å². The van der Waals surface area contributed by atoms with Crippen molar-refractivity contribution in [2.45, 2.75) is 31.7 Å². The number of allylic oxidation sites excluding steroid dienone is 2. The number of rotatable bonds is 3. The van der Waals surface area contributed by atoms with Crippen LogP contribution in [0.25, 0.3) is 6.08 Å². The molecule has 1 N–H and O–H groups in total. The van der Waals surface area contributed by atoms with Gasteiger partial charge < -0.3 is 5.32 Å². The van der Waals surface area contributed by atoms with E-state index in [2.05, 4.69) is 15.3 Å². The number of carbonyl (C=O) groups is 1. The summed E-state index contributed by atoms with van der Waals surface area (Å²) in [4.78, 5) is 21.2. The lowest BCUT2D eigenvalue weighted by Gasteiger charge is -2.02. The van der Waals surface area contributed by atoms with Gasteiger partial charge in [-0.3, -0.25) is 14.8 Å². The standard InChI is InChI=1S/C16H17N3OS/c20-15-14(7-3-4-12-8-10-17-11-9-12)21-16(19-15)18-13-5-1-2-6-13/h3-4,7-11,13H,1-2,5-6H2,(H,18,19,20)/b4-3+,14-7+. The van der Waals surface area contributed by atoms with Crippen LogP contribution in [0.2, 0.25) is 0 Å². The lowest BCUT2D eigenvalue weighted by Crippen LogP contribution is -2.21. The molecule has 21 heavy (non-hydrogen) atoms. The Hall–Kier alpha value is -1.88. The minimum Gasteiger partial charge on any atom is -0.301 e. The molecule has 3 rings (SSSR count). The molecule has 0 unspecified atom stereocenters. The number of amides is 1. The Morgan fingerprint density at radius 2 is 2.05 bits per heavy atom. The maximum Gasteiger partial charge on any atom is 0.264 e. The van der Waals surface area contributed by atoms with Gasteiger partial charge in [0.25, 0.3) is 5.91 Å². The van der Waals surface area contributed by atoms with Crippen LogP contribution in [-0.2, 0) is 4.79 Å². The van der Waals surface area contributed by atoms with E-state index >= 15 is 0 Å². The first-order chi connectivity index (χ1) is 10.3. The van der Waals surface area contributed by atoms with Crippen molar-refractivity contribution < 1.29 is 4.79 Å². The molecule has 0 radical (unpaired) electrons. The summed E-state index contributed by atoms with van der Waals surface area (Å²) in [6.45, 7) is 0. The molecule has 5 heteroatoms. The Bertz CT molecular complexity index is 601. The van der Waals surface area contributed by atoms with E-state index in [4.69, 9.17) is 0 Å². The molecule has 1 aromatic heterocycles. The number of hydrogen-bond acceptors (Lipinski definition) is 4. The molecule has 1 aromatic rings. The first-order valence-electron chi connectivity index (χ1n) is 7.17. The molecule has 4 nitrogen and oxygen atoms in total. The average Bonchev–Trinajstić information content (AvgIpc) is 3.11. The summed E-state index contributed by atoms with van der Waals surface area (Å²) in [5.74, 6) is -0.0591. The summed E-state index contributed by atoms with van der Waals surface area (Å²) in [7, 11) is 0. The third-order valence-corrected chi connectivity index (χ3v) is 4.46. The molecule has 1 aliphatic heterocycles. The topological polar surface area (TPSA) is 54.4 Å². The molecule has 2 fully saturated rings. The Morgan fingerprint density at radius 3 is 2.81 bits per heavy atom. The second-order valence-electron chi connectivity index (χ2n) is 5.10. The van der Waals surface area contributed by atoms with Gasteiger partial charge in [-0.1, -0.05) is 25.0 Å². The maximum absolute atomic E-state index is 11.9. The van der Waals surface area contributed by atoms with Crippen molar-refractivity contribution in [1.82, 2.24) is 10.3 Å². The zero-order valence-electron chi connectivity index (χ0n) is 11.7. The van der Waals surface area contributed by atoms with Crippen molar-refractivity contribution in [1.29, 1.82) is 0 Å². The maximum atomic E-state index is 11.9. The van der Waals surface area contributed by atoms with Gasteiger partial charge in [-0.25, -0.2) is 0 Å². The van der Waals surface area contributed by atoms with Crippen LogP contribution in [0, 0.1) is 0 Å². The van der Waals surface area contributed by atoms with Crippen LogP contribution in [0.15, 0.2) is 46.6 Å². The van der Waals surface area contributed by atoms with Gasteiger partial charge in [0.05, 0.1) is 10.9 Å². The average molecular weight is 299 g/mol. The fourth-order valence-corrected chi connectivity index (χ4v) is 3.27. The highest BCUT2D eigenvalue weighted by Gasteiger charge is 2.24. The van der Waals surface area contributed by atoms with Crippen LogP contribution in [0.3, 0.4) is 0 Å². The van der Waals surface area contributed by atoms with Gasteiger partial charge in [-0.15, -0.1) is 0 Å². The number of pyridine rings is 1. The van der Waals surface area contributed by atoms with Gasteiger partial charge in [0.1, 0.15) is 0 Å². The molecule has 108 valence electrons. The van der Waals surface area contributed by atoms with Crippen molar-refractivity contribution in [2.75, 3.05) is 0 Å². The summed E-state index contributed by atoms with van der Waals surface area (Å²) in [6, 6.07) is 4.23. The van der Waals surface area contributed by atoms with E-state index in [1.54, 1.807) is 12.4 Å². The molecule has 1 amide bonds. The Morgan fingerprint density at radius 1 is 1.29 bits per heavy atom. The number of hydrogen-bond donors (Lipinski definition) is 1. The first kappa shape index (κ1) is 14.1. The SMILES string of the molecule is O=C1NC(=NC2CCCC2)S/C1=C/C=C/c1ccncc1. The minimum absolute atomic E-state index is 0.0591. The van der Waals surface area contributed by atoms with Gasteiger partial charge in [0, 0.05) is 12.4 Å². The third kappa shape index (κ3) is 3.82. The fourth-order valence-electron chi connectivity index (χ4n) is 2.42. The van der Waals surface area contributed by atoms with Crippen LogP contribution >= 0.6 is 11.8 Å². The van der Waals surface area contributed by atoms with Crippen LogP contribution in [0.5, 0.6) is 0 Å². The molecule has 0 spiro atoms. The van der Waals surface area contributed by atoms with E-state index in [0.717, 1.165) is 23.6 Å². The highest BCUT2D eigenvalue weighted by molar-refractivity contribution is 8.18. The number of amidine groups is 1. The molecular weight excluding hydrogens is 282 g/mol. The lowest BCUT2D eigenvalue weighted by molar-refractivity contribution is -0.115. The zero-order valence-corrected chi connectivity index (χ0v) is 12.5. The second-order valence-corrected chi connectivity index (χ2v) is 6.13. The molecule has 2 aliphatic rings. The summed E-state index contributed by atoms with van der Waals surface area (Å²) < 4.78 is 0. The van der Waals surface area contributed by atoms with E-state index in [-0.39, 0.29) is 5.91 Å². The minimum atomic E-state index is -0.0591. The van der Waals surface area contributed by atoms with Gasteiger partial charge >= 0.3 is 0 Å². The molecule has 2 heterocycles. The summed E-state index contributed by atoms with van der Waals surface area (Å²) >= 11 is 1.43. The Labute approximate surface area is 128 Å². The molecule has 0 aromatic carbocycles. The molecule has 1 aliphatic carbocycles. The van der Waals surface area contributed by atoms with Crippen molar-refractivity contribution in [3.8, 4) is 0 Å². The van der Waals surface area contributed by atoms with Crippen molar-refractivity contribution in [3.63, 3.8) is 0 Å². The smallest absolute Gasteiger partial charge is 0.264 e. The quantitative estimate of drug-likeness (QED) is 0.872. The van der Waals surface area contributed by atoms with E-state index in [9.17, 15) is 4.79 Å². The largest absolute Gasteiger partial charge is 0.301 e. The fraction of sp³-hybridized carbons (Fsp3) is 0.312. The summed E-state index contributed by atoms with van der Waals surface area (Å²) in [6.07, 6.45) is 13.9. The summed E-state index contributed by atoms with van der Waals surface area (Å²) in [5.41, 5.74) is 1.06. The lowest BCUT2D eigenvalue weighted by atomic mass is 10.2. The highest BCUT2D eigenvalue weighted by Crippen LogP contribution is 2.27. The van der Waals surface area contributed by atoms with Gasteiger partial charge in [-0.2, -0.15) is 0 Å². The molecule has 1 saturated carbocycles. The van der Waals surface area contributed by atoms with E-state index in [1.165, 1.54) is 24.6 Å². The predicted octanol–water partition coefficient (Wildman–Crippen LogP) is 3.14. The van der Waals surface area contributed by atoms with Crippen molar-refractivity contribution in [3.05, 3.63) is 47.1 Å². The molecule has 1 saturated heterocycles. The van der Waals surface area contributed by atoms with Crippen LogP contribution in [0.1, 0.15) is 31.2 Å². The second kappa shape index (κ2) is 6.72. The van der Waals surface area contributed by atoms with Crippen LogP contribution in [0.4, 0.5) is 0 Å². The normalized spacial score (nSPS) is 23.5. The zero-order chi connectivity index (χ0) is 14.5. The number of aliphatic imine (C=N–C) groups is 1. The first-order valence-corrected chi connectivity index (χ1v) is 7.98. The number of thioether (sulfide) groups is 1. The third-order valence-electron chi connectivity index (χ3n) is 3.52. The monoisotopic (exact) mass is 299 g/mol. The van der Waals surface area contributed by atoms with Gasteiger partial charge in [0.15, 0.2) is 5.17 Å². The Balaban J connectivity index is 1.64. The number of aromatic nitrogens is 1. The van der Waals surface area contributed by atoms with E-state index < -0.39 is 0 Å². The van der Waals surface area contributed by atoms with Crippen LogP contribution < -0.4 is 5.32 Å². The number of nitrogens with zero attached hydrogens (tertiary/aromatic N) is 2. The number of carbonyl (C=O) groups excluding carboxylic acids is 1. The van der Waals surface area contributed by atoms with Crippen LogP contribution in [-0.4, -0.2) is 22.1 Å². The van der Waals surface area contributed by atoms with Gasteiger partial charge in [0.2, 0.25) is 0 Å². The molecule has 0 bridgehead atoms. The van der Waals surface area contributed by atoms with Crippen molar-refractivity contribution >= 4 is 28.9 Å². The Kier molecular flexibility index (Phi) is 4.50. The van der Waals surface area contributed by atoms with Gasteiger partial charge in [-0.05, 0) is 48.4 Å². The number of nitrogens with one attached hydrogen (secondary N) is 1. The summed E-state index contributed by atoms with van der Waals surface area (Å²) in [5, 5.41) is 3.59. The molecular formula is C16H17N3OS. The predicted molar refractivity (Wildman–Crippen MR) is 86.8 cm³/mol.